The summed E-state index contributed by atoms with van der Waals surface area (Å²) in [6, 6.07) is 10.6. The molecule has 1 radical (unpaired) electrons. The molecular weight excluding hydrogens is 174 g/mol. The van der Waals surface area contributed by atoms with E-state index in [9.17, 15) is 0 Å². The monoisotopic (exact) mass is 186 g/mol. The van der Waals surface area contributed by atoms with E-state index >= 15 is 0 Å². The van der Waals surface area contributed by atoms with Crippen LogP contribution in [-0.4, -0.2) is 13.8 Å². The predicted molar refractivity (Wildman–Crippen MR) is 58.9 cm³/mol. The second-order valence-electron chi connectivity index (χ2n) is 3.38. The molecule has 0 aliphatic heterocycles. The summed E-state index contributed by atoms with van der Waals surface area (Å²) in [5.74, 6) is 0. The summed E-state index contributed by atoms with van der Waals surface area (Å²) in [6.07, 6.45) is 1.87. The number of benzene rings is 1. The summed E-state index contributed by atoms with van der Waals surface area (Å²) in [5, 5.41) is 2.69. The minimum atomic E-state index is -0.400. The first kappa shape index (κ1) is 8.45. The van der Waals surface area contributed by atoms with Crippen molar-refractivity contribution >= 4 is 24.9 Å². The molecule has 0 unspecified atom stereocenters. The van der Waals surface area contributed by atoms with Gasteiger partial charge in [0.15, 0.2) is 0 Å². The Bertz CT molecular complexity index is 418. The van der Waals surface area contributed by atoms with Gasteiger partial charge >= 0.3 is 0 Å². The van der Waals surface area contributed by atoms with Gasteiger partial charge in [-0.15, -0.1) is 0 Å². The van der Waals surface area contributed by atoms with E-state index in [-0.39, 0.29) is 0 Å². The van der Waals surface area contributed by atoms with Gasteiger partial charge in [0, 0.05) is 11.6 Å². The van der Waals surface area contributed by atoms with Crippen LogP contribution in [0.2, 0.25) is 13.1 Å². The normalized spacial score (nSPS) is 11.0. The van der Waals surface area contributed by atoms with Gasteiger partial charge < -0.3 is 0 Å². The zero-order valence-electron chi connectivity index (χ0n) is 7.91. The summed E-state index contributed by atoms with van der Waals surface area (Å²) < 4.78 is 0. The highest BCUT2D eigenvalue weighted by molar-refractivity contribution is 6.73. The molecule has 0 saturated carbocycles. The largest absolute Gasteiger partial charge is 0.256 e. The molecule has 1 heterocycles. The lowest BCUT2D eigenvalue weighted by Gasteiger charge is -2.06. The van der Waals surface area contributed by atoms with Crippen LogP contribution in [0.3, 0.4) is 0 Å². The van der Waals surface area contributed by atoms with Crippen molar-refractivity contribution in [3.05, 3.63) is 36.5 Å². The van der Waals surface area contributed by atoms with Crippen LogP contribution in [0.1, 0.15) is 0 Å². The highest BCUT2D eigenvalue weighted by atomic mass is 28.3. The molecule has 2 rings (SSSR count). The van der Waals surface area contributed by atoms with Gasteiger partial charge in [0.2, 0.25) is 0 Å². The van der Waals surface area contributed by atoms with E-state index in [1.807, 2.05) is 12.3 Å². The number of nitrogens with zero attached hydrogens (tertiary/aromatic N) is 1. The molecular formula is C11H12NSi. The van der Waals surface area contributed by atoms with Crippen molar-refractivity contribution in [2.75, 3.05) is 0 Å². The molecule has 0 aliphatic rings. The smallest absolute Gasteiger partial charge is 0.0820 e. The summed E-state index contributed by atoms with van der Waals surface area (Å²) in [7, 11) is -0.400. The predicted octanol–water partition coefficient (Wildman–Crippen LogP) is 2.20. The van der Waals surface area contributed by atoms with Crippen LogP contribution in [-0.2, 0) is 0 Å². The number of fused-ring (bicyclic) bond motifs is 1. The highest BCUT2D eigenvalue weighted by Crippen LogP contribution is 2.08. The van der Waals surface area contributed by atoms with Crippen molar-refractivity contribution in [2.24, 2.45) is 0 Å². The second-order valence-corrected chi connectivity index (χ2v) is 5.92. The van der Waals surface area contributed by atoms with E-state index in [2.05, 4.69) is 42.3 Å². The average Bonchev–Trinajstić information content (AvgIpc) is 2.17. The number of hydrogen-bond donors (Lipinski definition) is 0. The first-order chi connectivity index (χ1) is 6.29. The van der Waals surface area contributed by atoms with Crippen LogP contribution >= 0.6 is 0 Å². The first-order valence-electron chi connectivity index (χ1n) is 4.43. The third-order valence-electron chi connectivity index (χ3n) is 2.17. The molecule has 2 heteroatoms. The van der Waals surface area contributed by atoms with Crippen molar-refractivity contribution in [3.8, 4) is 0 Å². The third kappa shape index (κ3) is 1.49. The maximum absolute atomic E-state index is 4.43. The van der Waals surface area contributed by atoms with Crippen LogP contribution in [0.15, 0.2) is 36.5 Å². The number of pyridine rings is 1. The average molecular weight is 186 g/mol. The lowest BCUT2D eigenvalue weighted by molar-refractivity contribution is 1.42. The van der Waals surface area contributed by atoms with Crippen molar-refractivity contribution in [3.63, 3.8) is 0 Å². The SMILES string of the molecule is C[Si](C)c1cccc2cccnc12. The third-order valence-corrected chi connectivity index (χ3v) is 3.65. The number of para-hydroxylation sites is 1. The zero-order chi connectivity index (χ0) is 9.26. The Labute approximate surface area is 80.0 Å². The maximum atomic E-state index is 4.43. The molecule has 0 fully saturated rings. The van der Waals surface area contributed by atoms with Gasteiger partial charge in [-0.1, -0.05) is 37.4 Å². The lowest BCUT2D eigenvalue weighted by atomic mass is 10.2. The van der Waals surface area contributed by atoms with E-state index in [0.29, 0.717) is 0 Å². The number of aromatic nitrogens is 1. The topological polar surface area (TPSA) is 12.9 Å². The Kier molecular flexibility index (Phi) is 2.15. The number of hydrogen-bond acceptors (Lipinski definition) is 1. The summed E-state index contributed by atoms with van der Waals surface area (Å²) >= 11 is 0. The van der Waals surface area contributed by atoms with E-state index in [1.165, 1.54) is 16.1 Å². The molecule has 0 saturated heterocycles. The van der Waals surface area contributed by atoms with E-state index < -0.39 is 8.80 Å². The molecule has 65 valence electrons. The van der Waals surface area contributed by atoms with Crippen LogP contribution in [0.25, 0.3) is 10.9 Å². The Balaban J connectivity index is 2.76. The number of rotatable bonds is 1. The van der Waals surface area contributed by atoms with Crippen LogP contribution in [0, 0.1) is 0 Å². The fraction of sp³-hybridized carbons (Fsp3) is 0.182. The fourth-order valence-electron chi connectivity index (χ4n) is 1.51. The Morgan fingerprint density at radius 2 is 1.85 bits per heavy atom. The van der Waals surface area contributed by atoms with Gasteiger partial charge in [0.1, 0.15) is 0 Å². The lowest BCUT2D eigenvalue weighted by Crippen LogP contribution is -2.23. The van der Waals surface area contributed by atoms with Gasteiger partial charge in [-0.2, -0.15) is 0 Å². The minimum absolute atomic E-state index is 0.400. The van der Waals surface area contributed by atoms with E-state index in [1.54, 1.807) is 0 Å². The van der Waals surface area contributed by atoms with Crippen molar-refractivity contribution in [2.45, 2.75) is 13.1 Å². The molecule has 1 aromatic heterocycles. The fourth-order valence-corrected chi connectivity index (χ4v) is 2.62. The summed E-state index contributed by atoms with van der Waals surface area (Å²) in [4.78, 5) is 4.43. The Morgan fingerprint density at radius 1 is 1.08 bits per heavy atom. The van der Waals surface area contributed by atoms with Gasteiger partial charge in [-0.05, 0) is 11.3 Å². The Morgan fingerprint density at radius 3 is 2.62 bits per heavy atom. The zero-order valence-corrected chi connectivity index (χ0v) is 8.91. The van der Waals surface area contributed by atoms with E-state index in [4.69, 9.17) is 0 Å². The summed E-state index contributed by atoms with van der Waals surface area (Å²) in [5.41, 5.74) is 1.18. The quantitative estimate of drug-likeness (QED) is 0.622. The van der Waals surface area contributed by atoms with Crippen LogP contribution in [0.4, 0.5) is 0 Å². The first-order valence-corrected chi connectivity index (χ1v) is 6.93. The highest BCUT2D eigenvalue weighted by Gasteiger charge is 2.05. The molecule has 0 aliphatic carbocycles. The molecule has 1 nitrogen and oxygen atoms in total. The molecule has 0 atom stereocenters. The maximum Gasteiger partial charge on any atom is 0.0820 e. The molecule has 0 bridgehead atoms. The molecule has 2 aromatic rings. The molecule has 1 aromatic carbocycles. The molecule has 13 heavy (non-hydrogen) atoms. The van der Waals surface area contributed by atoms with Crippen molar-refractivity contribution in [1.29, 1.82) is 0 Å². The minimum Gasteiger partial charge on any atom is -0.256 e. The summed E-state index contributed by atoms with van der Waals surface area (Å²) in [6.45, 7) is 4.60. The van der Waals surface area contributed by atoms with Crippen molar-refractivity contribution in [1.82, 2.24) is 4.98 Å². The molecule has 0 N–H and O–H groups in total. The second kappa shape index (κ2) is 3.30. The van der Waals surface area contributed by atoms with Crippen LogP contribution < -0.4 is 5.19 Å². The van der Waals surface area contributed by atoms with Crippen LogP contribution in [0.5, 0.6) is 0 Å². The Hall–Kier alpha value is -1.15. The van der Waals surface area contributed by atoms with Crippen molar-refractivity contribution < 1.29 is 0 Å². The van der Waals surface area contributed by atoms with Gasteiger partial charge in [-0.25, -0.2) is 0 Å². The van der Waals surface area contributed by atoms with E-state index in [0.717, 1.165) is 0 Å². The standard InChI is InChI=1S/C11H12NSi/c1-13(2)10-7-3-5-9-6-4-8-12-11(9)10/h3-8H,1-2H3. The van der Waals surface area contributed by atoms with Gasteiger partial charge in [-0.3, -0.25) is 4.98 Å². The van der Waals surface area contributed by atoms with Gasteiger partial charge in [0.25, 0.3) is 0 Å². The molecule has 0 amide bonds. The molecule has 0 spiro atoms. The van der Waals surface area contributed by atoms with Gasteiger partial charge in [0.05, 0.1) is 14.3 Å².